The lowest BCUT2D eigenvalue weighted by Crippen LogP contribution is -2.42. The van der Waals surface area contributed by atoms with Crippen LogP contribution in [0, 0.1) is 11.8 Å². The maximum atomic E-state index is 12.7. The van der Waals surface area contributed by atoms with Crippen molar-refractivity contribution < 1.29 is 18.0 Å². The van der Waals surface area contributed by atoms with Crippen molar-refractivity contribution in [2.45, 2.75) is 32.5 Å². The summed E-state index contributed by atoms with van der Waals surface area (Å²) in [4.78, 5) is 11.7. The predicted octanol–water partition coefficient (Wildman–Crippen LogP) is 1.51. The molecule has 0 aliphatic heterocycles. The number of aromatic amines is 1. The Morgan fingerprint density at radius 2 is 2.10 bits per heavy atom. The standard InChI is InChI=1S/C10H16F3N5OS/c1-5(2)3-7(8-15-17-18-16-8)14-9(19)6(4-20)10(11,12)13/h5-7,20H,3-4H2,1-2H3,(H,14,19)(H,15,16,17,18). The van der Waals surface area contributed by atoms with Crippen molar-refractivity contribution in [3.8, 4) is 0 Å². The van der Waals surface area contributed by atoms with Gasteiger partial charge in [0, 0.05) is 5.75 Å². The third-order valence-electron chi connectivity index (χ3n) is 2.61. The first-order valence-electron chi connectivity index (χ1n) is 5.97. The monoisotopic (exact) mass is 311 g/mol. The van der Waals surface area contributed by atoms with Crippen molar-refractivity contribution in [1.82, 2.24) is 25.9 Å². The van der Waals surface area contributed by atoms with Crippen LogP contribution in [-0.4, -0.2) is 38.5 Å². The van der Waals surface area contributed by atoms with Gasteiger partial charge in [-0.3, -0.25) is 4.79 Å². The first kappa shape index (κ1) is 16.7. The Bertz CT molecular complexity index is 423. The normalized spacial score (nSPS) is 15.2. The number of aromatic nitrogens is 4. The fraction of sp³-hybridized carbons (Fsp3) is 0.800. The van der Waals surface area contributed by atoms with E-state index >= 15 is 0 Å². The molecule has 114 valence electrons. The fourth-order valence-corrected chi connectivity index (χ4v) is 2.00. The van der Waals surface area contributed by atoms with E-state index in [9.17, 15) is 18.0 Å². The van der Waals surface area contributed by atoms with Gasteiger partial charge in [0.1, 0.15) is 5.92 Å². The lowest BCUT2D eigenvalue weighted by Gasteiger charge is -2.22. The molecule has 1 aromatic rings. The maximum absolute atomic E-state index is 12.7. The summed E-state index contributed by atoms with van der Waals surface area (Å²) in [5.74, 6) is -3.53. The Morgan fingerprint density at radius 3 is 2.50 bits per heavy atom. The quantitative estimate of drug-likeness (QED) is 0.695. The van der Waals surface area contributed by atoms with Crippen LogP contribution in [0.5, 0.6) is 0 Å². The maximum Gasteiger partial charge on any atom is 0.401 e. The van der Waals surface area contributed by atoms with Gasteiger partial charge in [0.05, 0.1) is 6.04 Å². The Morgan fingerprint density at radius 1 is 1.45 bits per heavy atom. The van der Waals surface area contributed by atoms with Crippen molar-refractivity contribution in [2.24, 2.45) is 11.8 Å². The van der Waals surface area contributed by atoms with Gasteiger partial charge in [0.25, 0.3) is 0 Å². The largest absolute Gasteiger partial charge is 0.401 e. The average Bonchev–Trinajstić information content (AvgIpc) is 2.79. The number of rotatable bonds is 6. The van der Waals surface area contributed by atoms with Gasteiger partial charge < -0.3 is 5.32 Å². The first-order chi connectivity index (χ1) is 9.25. The molecule has 2 unspecified atom stereocenters. The van der Waals surface area contributed by atoms with E-state index in [1.165, 1.54) is 0 Å². The number of amides is 1. The van der Waals surface area contributed by atoms with Gasteiger partial charge in [-0.25, -0.2) is 5.10 Å². The smallest absolute Gasteiger partial charge is 0.345 e. The topological polar surface area (TPSA) is 83.6 Å². The minimum atomic E-state index is -4.63. The molecule has 2 atom stereocenters. The van der Waals surface area contributed by atoms with E-state index < -0.39 is 29.8 Å². The Kier molecular flexibility index (Phi) is 5.78. The fourth-order valence-electron chi connectivity index (χ4n) is 1.63. The van der Waals surface area contributed by atoms with E-state index in [-0.39, 0.29) is 11.7 Å². The van der Waals surface area contributed by atoms with E-state index in [4.69, 9.17) is 0 Å². The van der Waals surface area contributed by atoms with Gasteiger partial charge in [0.15, 0.2) is 5.82 Å². The third-order valence-corrected chi connectivity index (χ3v) is 2.97. The number of halogens is 3. The summed E-state index contributed by atoms with van der Waals surface area (Å²) in [6, 6.07) is -0.692. The van der Waals surface area contributed by atoms with Gasteiger partial charge in [-0.2, -0.15) is 25.8 Å². The molecule has 0 aromatic carbocycles. The van der Waals surface area contributed by atoms with Crippen molar-refractivity contribution in [2.75, 3.05) is 5.75 Å². The highest BCUT2D eigenvalue weighted by molar-refractivity contribution is 7.80. The number of hydrogen-bond donors (Lipinski definition) is 3. The summed E-state index contributed by atoms with van der Waals surface area (Å²) < 4.78 is 38.0. The zero-order chi connectivity index (χ0) is 15.3. The molecule has 0 spiro atoms. The number of carbonyl (C=O) groups is 1. The molecule has 20 heavy (non-hydrogen) atoms. The molecule has 1 aromatic heterocycles. The number of nitrogens with one attached hydrogen (secondary N) is 2. The minimum absolute atomic E-state index is 0.144. The number of tetrazole rings is 1. The van der Waals surface area contributed by atoms with E-state index in [0.29, 0.717) is 6.42 Å². The molecule has 0 saturated heterocycles. The van der Waals surface area contributed by atoms with Crippen molar-refractivity contribution >= 4 is 18.5 Å². The second kappa shape index (κ2) is 6.91. The van der Waals surface area contributed by atoms with E-state index in [2.05, 4.69) is 38.6 Å². The molecule has 1 rings (SSSR count). The van der Waals surface area contributed by atoms with Crippen LogP contribution >= 0.6 is 12.6 Å². The highest BCUT2D eigenvalue weighted by atomic mass is 32.1. The number of carbonyl (C=O) groups excluding carboxylic acids is 1. The van der Waals surface area contributed by atoms with Gasteiger partial charge in [0.2, 0.25) is 5.91 Å². The third kappa shape index (κ3) is 4.66. The molecule has 0 fully saturated rings. The number of thiol groups is 1. The number of alkyl halides is 3. The minimum Gasteiger partial charge on any atom is -0.345 e. The van der Waals surface area contributed by atoms with Crippen LogP contribution in [-0.2, 0) is 4.79 Å². The van der Waals surface area contributed by atoms with Crippen LogP contribution in [0.15, 0.2) is 0 Å². The molecule has 0 radical (unpaired) electrons. The van der Waals surface area contributed by atoms with E-state index in [1.54, 1.807) is 0 Å². The average molecular weight is 311 g/mol. The summed E-state index contributed by atoms with van der Waals surface area (Å²) in [6.07, 6.45) is -4.21. The molecule has 0 saturated carbocycles. The first-order valence-corrected chi connectivity index (χ1v) is 6.60. The lowest BCUT2D eigenvalue weighted by atomic mass is 10.0. The van der Waals surface area contributed by atoms with Crippen LogP contribution in [0.4, 0.5) is 13.2 Å². The van der Waals surface area contributed by atoms with Gasteiger partial charge in [-0.15, -0.1) is 5.10 Å². The summed E-state index contributed by atoms with van der Waals surface area (Å²) >= 11 is 3.59. The molecule has 0 aliphatic carbocycles. The summed E-state index contributed by atoms with van der Waals surface area (Å²) in [6.45, 7) is 3.76. The molecule has 10 heteroatoms. The van der Waals surface area contributed by atoms with E-state index in [0.717, 1.165) is 0 Å². The molecule has 6 nitrogen and oxygen atoms in total. The SMILES string of the molecule is CC(C)CC(NC(=O)C(CS)C(F)(F)F)c1nnn[nH]1. The van der Waals surface area contributed by atoms with Crippen molar-refractivity contribution in [3.63, 3.8) is 0 Å². The predicted molar refractivity (Wildman–Crippen MR) is 67.9 cm³/mol. The van der Waals surface area contributed by atoms with Crippen LogP contribution < -0.4 is 5.32 Å². The molecule has 1 amide bonds. The molecule has 0 bridgehead atoms. The van der Waals surface area contributed by atoms with Gasteiger partial charge in [-0.1, -0.05) is 13.8 Å². The van der Waals surface area contributed by atoms with Crippen LogP contribution in [0.2, 0.25) is 0 Å². The molecule has 1 heterocycles. The second-order valence-electron chi connectivity index (χ2n) is 4.75. The highest BCUT2D eigenvalue weighted by Crippen LogP contribution is 2.28. The van der Waals surface area contributed by atoms with Gasteiger partial charge in [-0.05, 0) is 22.8 Å². The van der Waals surface area contributed by atoms with Crippen molar-refractivity contribution in [3.05, 3.63) is 5.82 Å². The number of nitrogens with zero attached hydrogens (tertiary/aromatic N) is 3. The van der Waals surface area contributed by atoms with Crippen LogP contribution in [0.3, 0.4) is 0 Å². The number of hydrogen-bond acceptors (Lipinski definition) is 5. The zero-order valence-corrected chi connectivity index (χ0v) is 11.9. The molecule has 0 aliphatic rings. The Labute approximate surface area is 119 Å². The van der Waals surface area contributed by atoms with Gasteiger partial charge >= 0.3 is 6.18 Å². The second-order valence-corrected chi connectivity index (χ2v) is 5.12. The Balaban J connectivity index is 2.82. The van der Waals surface area contributed by atoms with E-state index in [1.807, 2.05) is 13.8 Å². The zero-order valence-electron chi connectivity index (χ0n) is 11.0. The highest BCUT2D eigenvalue weighted by Gasteiger charge is 2.44. The van der Waals surface area contributed by atoms with Crippen LogP contribution in [0.1, 0.15) is 32.1 Å². The summed E-state index contributed by atoms with van der Waals surface area (Å²) in [5, 5.41) is 15.1. The summed E-state index contributed by atoms with van der Waals surface area (Å²) in [5.41, 5.74) is 0. The van der Waals surface area contributed by atoms with Crippen molar-refractivity contribution in [1.29, 1.82) is 0 Å². The molecule has 2 N–H and O–H groups in total. The van der Waals surface area contributed by atoms with Crippen LogP contribution in [0.25, 0.3) is 0 Å². The Hall–Kier alpha value is -1.32. The lowest BCUT2D eigenvalue weighted by molar-refractivity contribution is -0.178. The summed E-state index contributed by atoms with van der Waals surface area (Å²) in [7, 11) is 0. The molecular weight excluding hydrogens is 295 g/mol. The number of H-pyrrole nitrogens is 1. The molecular formula is C10H16F3N5OS.